The van der Waals surface area contributed by atoms with E-state index in [1.807, 2.05) is 0 Å². The normalized spacial score (nSPS) is 20.9. The van der Waals surface area contributed by atoms with Gasteiger partial charge >= 0.3 is 5.97 Å². The summed E-state index contributed by atoms with van der Waals surface area (Å²) in [5, 5.41) is 11.6. The van der Waals surface area contributed by atoms with Gasteiger partial charge in [-0.25, -0.2) is 0 Å². The van der Waals surface area contributed by atoms with Crippen molar-refractivity contribution < 1.29 is 24.2 Å². The molecule has 2 atom stereocenters. The number of amides is 1. The molecule has 2 N–H and O–H groups in total. The number of ether oxygens (including phenoxy) is 2. The summed E-state index contributed by atoms with van der Waals surface area (Å²) in [5.74, 6) is -2.03. The highest BCUT2D eigenvalue weighted by atomic mass is 16.5. The first-order valence-corrected chi connectivity index (χ1v) is 6.56. The fourth-order valence-corrected chi connectivity index (χ4v) is 2.44. The zero-order chi connectivity index (χ0) is 15.4. The highest BCUT2D eigenvalue weighted by Crippen LogP contribution is 2.32. The fraction of sp³-hybridized carbons (Fsp3) is 0.538. The Morgan fingerprint density at radius 2 is 1.76 bits per heavy atom. The van der Waals surface area contributed by atoms with Crippen molar-refractivity contribution in [1.82, 2.24) is 9.97 Å². The van der Waals surface area contributed by atoms with E-state index in [-0.39, 0.29) is 17.7 Å². The van der Waals surface area contributed by atoms with Crippen LogP contribution in [0.4, 0.5) is 5.95 Å². The van der Waals surface area contributed by atoms with Gasteiger partial charge in [0.15, 0.2) is 0 Å². The standard InChI is InChI=1S/C13H17N3O5/c1-20-9-6-10(21-2)15-13(14-9)16-11(17)7-4-3-5-8(7)12(18)19/h6-8H,3-5H2,1-2H3,(H,18,19)(H,14,15,16,17). The average Bonchev–Trinajstić information content (AvgIpc) is 2.96. The van der Waals surface area contributed by atoms with Gasteiger partial charge in [0.1, 0.15) is 0 Å². The van der Waals surface area contributed by atoms with Gasteiger partial charge in [0.2, 0.25) is 23.6 Å². The number of carbonyl (C=O) groups is 2. The van der Waals surface area contributed by atoms with E-state index < -0.39 is 23.7 Å². The number of nitrogens with one attached hydrogen (secondary N) is 1. The number of hydrogen-bond acceptors (Lipinski definition) is 6. The summed E-state index contributed by atoms with van der Waals surface area (Å²) in [6, 6.07) is 1.48. The quantitative estimate of drug-likeness (QED) is 0.831. The molecule has 114 valence electrons. The van der Waals surface area contributed by atoms with Crippen LogP contribution in [0.1, 0.15) is 19.3 Å². The summed E-state index contributed by atoms with van der Waals surface area (Å²) < 4.78 is 9.97. The van der Waals surface area contributed by atoms with Crippen LogP contribution in [0.5, 0.6) is 11.8 Å². The van der Waals surface area contributed by atoms with Crippen LogP contribution in [0.15, 0.2) is 6.07 Å². The Morgan fingerprint density at radius 3 is 2.29 bits per heavy atom. The monoisotopic (exact) mass is 295 g/mol. The summed E-state index contributed by atoms with van der Waals surface area (Å²) in [6.07, 6.45) is 1.77. The van der Waals surface area contributed by atoms with Crippen LogP contribution in [-0.2, 0) is 9.59 Å². The molecule has 0 spiro atoms. The zero-order valence-corrected chi connectivity index (χ0v) is 11.8. The smallest absolute Gasteiger partial charge is 0.307 e. The molecular weight excluding hydrogens is 278 g/mol. The maximum Gasteiger partial charge on any atom is 0.307 e. The van der Waals surface area contributed by atoms with Gasteiger partial charge in [-0.2, -0.15) is 9.97 Å². The number of carboxylic acids is 1. The number of aliphatic carboxylic acids is 1. The summed E-state index contributed by atoms with van der Waals surface area (Å²) in [4.78, 5) is 31.3. The second-order valence-electron chi connectivity index (χ2n) is 4.75. The van der Waals surface area contributed by atoms with Crippen molar-refractivity contribution in [1.29, 1.82) is 0 Å². The largest absolute Gasteiger partial charge is 0.481 e. The molecule has 0 radical (unpaired) electrons. The Hall–Kier alpha value is -2.38. The summed E-state index contributed by atoms with van der Waals surface area (Å²) in [6.45, 7) is 0. The highest BCUT2D eigenvalue weighted by Gasteiger charge is 2.38. The van der Waals surface area contributed by atoms with Gasteiger partial charge in [0.25, 0.3) is 0 Å². The first-order chi connectivity index (χ1) is 10.0. The molecule has 1 heterocycles. The molecule has 21 heavy (non-hydrogen) atoms. The van der Waals surface area contributed by atoms with E-state index in [1.54, 1.807) is 0 Å². The molecule has 0 aromatic carbocycles. The van der Waals surface area contributed by atoms with E-state index in [4.69, 9.17) is 14.6 Å². The van der Waals surface area contributed by atoms with Crippen molar-refractivity contribution in [3.63, 3.8) is 0 Å². The highest BCUT2D eigenvalue weighted by molar-refractivity contribution is 5.94. The second-order valence-corrected chi connectivity index (χ2v) is 4.75. The Morgan fingerprint density at radius 1 is 1.19 bits per heavy atom. The van der Waals surface area contributed by atoms with Gasteiger partial charge in [0.05, 0.1) is 32.1 Å². The summed E-state index contributed by atoms with van der Waals surface area (Å²) >= 11 is 0. The van der Waals surface area contributed by atoms with Gasteiger partial charge in [0, 0.05) is 0 Å². The van der Waals surface area contributed by atoms with Crippen LogP contribution in [-0.4, -0.2) is 41.2 Å². The Bertz CT molecular complexity index is 526. The van der Waals surface area contributed by atoms with Crippen LogP contribution in [0.3, 0.4) is 0 Å². The van der Waals surface area contributed by atoms with Crippen LogP contribution in [0, 0.1) is 11.8 Å². The lowest BCUT2D eigenvalue weighted by atomic mass is 9.95. The van der Waals surface area contributed by atoms with Crippen molar-refractivity contribution in [2.45, 2.75) is 19.3 Å². The molecule has 1 saturated carbocycles. The molecule has 2 unspecified atom stereocenters. The van der Waals surface area contributed by atoms with Gasteiger partial charge in [-0.3, -0.25) is 14.9 Å². The lowest BCUT2D eigenvalue weighted by Crippen LogP contribution is -2.30. The number of nitrogens with zero attached hydrogens (tertiary/aromatic N) is 2. The van der Waals surface area contributed by atoms with Crippen molar-refractivity contribution in [3.05, 3.63) is 6.07 Å². The van der Waals surface area contributed by atoms with Gasteiger partial charge < -0.3 is 14.6 Å². The van der Waals surface area contributed by atoms with Crippen LogP contribution in [0.25, 0.3) is 0 Å². The Labute approximate surface area is 121 Å². The molecule has 2 rings (SSSR count). The predicted molar refractivity (Wildman–Crippen MR) is 72.2 cm³/mol. The first kappa shape index (κ1) is 15.0. The number of carbonyl (C=O) groups excluding carboxylic acids is 1. The predicted octanol–water partition coefficient (Wildman–Crippen LogP) is 0.933. The number of anilines is 1. The number of carboxylic acid groups (broad SMARTS) is 1. The van der Waals surface area contributed by atoms with Crippen LogP contribution >= 0.6 is 0 Å². The Kier molecular flexibility index (Phi) is 4.56. The molecule has 1 amide bonds. The van der Waals surface area contributed by atoms with E-state index in [0.29, 0.717) is 12.8 Å². The molecule has 1 aliphatic carbocycles. The summed E-state index contributed by atoms with van der Waals surface area (Å²) in [7, 11) is 2.87. The molecule has 8 nitrogen and oxygen atoms in total. The van der Waals surface area contributed by atoms with Gasteiger partial charge in [-0.15, -0.1) is 0 Å². The molecule has 8 heteroatoms. The van der Waals surface area contributed by atoms with Crippen molar-refractivity contribution >= 4 is 17.8 Å². The third kappa shape index (κ3) is 3.39. The molecule has 0 bridgehead atoms. The SMILES string of the molecule is COc1cc(OC)nc(NC(=O)C2CCCC2C(=O)O)n1. The van der Waals surface area contributed by atoms with E-state index >= 15 is 0 Å². The van der Waals surface area contributed by atoms with Gasteiger partial charge in [-0.05, 0) is 12.8 Å². The fourth-order valence-electron chi connectivity index (χ4n) is 2.44. The number of hydrogen-bond donors (Lipinski definition) is 2. The second kappa shape index (κ2) is 6.38. The summed E-state index contributed by atoms with van der Waals surface area (Å²) in [5.41, 5.74) is 0. The van der Waals surface area contributed by atoms with Crippen molar-refractivity contribution in [3.8, 4) is 11.8 Å². The average molecular weight is 295 g/mol. The number of rotatable bonds is 5. The minimum absolute atomic E-state index is 0.0345. The number of aromatic nitrogens is 2. The lowest BCUT2D eigenvalue weighted by molar-refractivity contribution is -0.145. The molecular formula is C13H17N3O5. The van der Waals surface area contributed by atoms with Gasteiger partial charge in [-0.1, -0.05) is 6.42 Å². The van der Waals surface area contributed by atoms with Crippen LogP contribution in [0.2, 0.25) is 0 Å². The lowest BCUT2D eigenvalue weighted by Gasteiger charge is -2.15. The Balaban J connectivity index is 2.14. The van der Waals surface area contributed by atoms with E-state index in [1.165, 1.54) is 20.3 Å². The van der Waals surface area contributed by atoms with Crippen molar-refractivity contribution in [2.75, 3.05) is 19.5 Å². The van der Waals surface area contributed by atoms with E-state index in [2.05, 4.69) is 15.3 Å². The van der Waals surface area contributed by atoms with E-state index in [0.717, 1.165) is 6.42 Å². The minimum atomic E-state index is -0.947. The van der Waals surface area contributed by atoms with Crippen molar-refractivity contribution in [2.24, 2.45) is 11.8 Å². The maximum atomic E-state index is 12.2. The third-order valence-electron chi connectivity index (χ3n) is 3.50. The first-order valence-electron chi connectivity index (χ1n) is 6.56. The minimum Gasteiger partial charge on any atom is -0.481 e. The molecule has 1 aromatic rings. The van der Waals surface area contributed by atoms with Crippen LogP contribution < -0.4 is 14.8 Å². The molecule has 1 aromatic heterocycles. The maximum absolute atomic E-state index is 12.2. The number of methoxy groups -OCH3 is 2. The molecule has 0 aliphatic heterocycles. The molecule has 0 saturated heterocycles. The molecule has 1 fully saturated rings. The topological polar surface area (TPSA) is 111 Å². The molecule has 1 aliphatic rings. The zero-order valence-electron chi connectivity index (χ0n) is 11.8. The third-order valence-corrected chi connectivity index (χ3v) is 3.50. The van der Waals surface area contributed by atoms with E-state index in [9.17, 15) is 9.59 Å².